The number of hydrogen-bond acceptors (Lipinski definition) is 5. The van der Waals surface area contributed by atoms with E-state index in [1.807, 2.05) is 0 Å². The highest BCUT2D eigenvalue weighted by molar-refractivity contribution is 6.12. The highest BCUT2D eigenvalue weighted by atomic mass is 16.5. The zero-order chi connectivity index (χ0) is 14.8. The quantitative estimate of drug-likeness (QED) is 0.430. The lowest BCUT2D eigenvalue weighted by Gasteiger charge is -2.13. The number of carbonyl (C=O) groups is 3. The Labute approximate surface area is 117 Å². The summed E-state index contributed by atoms with van der Waals surface area (Å²) < 4.78 is 10.0. The molecule has 0 unspecified atom stereocenters. The van der Waals surface area contributed by atoms with Gasteiger partial charge in [0.1, 0.15) is 0 Å². The predicted molar refractivity (Wildman–Crippen MR) is 70.8 cm³/mol. The molecule has 1 rings (SSSR count). The monoisotopic (exact) mass is 284 g/mol. The van der Waals surface area contributed by atoms with Gasteiger partial charge in [-0.3, -0.25) is 19.3 Å². The van der Waals surface area contributed by atoms with Crippen LogP contribution in [-0.4, -0.2) is 62.6 Å². The molecule has 0 spiro atoms. The van der Waals surface area contributed by atoms with Crippen molar-refractivity contribution in [2.75, 3.05) is 40.0 Å². The minimum Gasteiger partial charge on any atom is -0.382 e. The number of imide groups is 1. The first-order chi connectivity index (χ1) is 9.65. The average Bonchev–Trinajstić information content (AvgIpc) is 2.74. The van der Waals surface area contributed by atoms with Crippen LogP contribution in [0.2, 0.25) is 0 Å². The molecule has 1 aliphatic rings. The van der Waals surface area contributed by atoms with E-state index in [4.69, 9.17) is 9.47 Å². The first kappa shape index (κ1) is 16.3. The zero-order valence-corrected chi connectivity index (χ0v) is 11.6. The van der Waals surface area contributed by atoms with E-state index in [0.29, 0.717) is 32.7 Å². The lowest BCUT2D eigenvalue weighted by molar-refractivity contribution is -0.137. The van der Waals surface area contributed by atoms with Gasteiger partial charge in [0.15, 0.2) is 0 Å². The first-order valence-electron chi connectivity index (χ1n) is 6.52. The third-order valence-corrected chi connectivity index (χ3v) is 2.68. The van der Waals surface area contributed by atoms with Crippen LogP contribution in [0.25, 0.3) is 0 Å². The number of amides is 3. The molecule has 0 atom stereocenters. The smallest absolute Gasteiger partial charge is 0.253 e. The standard InChI is InChI=1S/C13H20N2O5/c1-19-9-10-20-8-2-3-11(16)14-6-7-15-12(17)4-5-13(15)18/h4-5H,2-3,6-10H2,1H3,(H,14,16). The van der Waals surface area contributed by atoms with E-state index in [9.17, 15) is 14.4 Å². The Balaban J connectivity index is 2.00. The second kappa shape index (κ2) is 9.22. The van der Waals surface area contributed by atoms with E-state index in [0.717, 1.165) is 4.90 Å². The van der Waals surface area contributed by atoms with E-state index >= 15 is 0 Å². The summed E-state index contributed by atoms with van der Waals surface area (Å²) >= 11 is 0. The maximum absolute atomic E-state index is 11.5. The van der Waals surface area contributed by atoms with Crippen molar-refractivity contribution in [3.63, 3.8) is 0 Å². The molecular weight excluding hydrogens is 264 g/mol. The number of nitrogens with zero attached hydrogens (tertiary/aromatic N) is 1. The molecule has 112 valence electrons. The molecule has 0 radical (unpaired) electrons. The number of hydrogen-bond donors (Lipinski definition) is 1. The van der Waals surface area contributed by atoms with Crippen LogP contribution in [0.1, 0.15) is 12.8 Å². The van der Waals surface area contributed by atoms with Crippen LogP contribution in [0, 0.1) is 0 Å². The Morgan fingerprint density at radius 3 is 2.55 bits per heavy atom. The fraction of sp³-hybridized carbons (Fsp3) is 0.615. The maximum atomic E-state index is 11.5. The molecule has 0 saturated carbocycles. The van der Waals surface area contributed by atoms with Crippen LogP contribution in [0.15, 0.2) is 12.2 Å². The van der Waals surface area contributed by atoms with Gasteiger partial charge in [-0.05, 0) is 6.42 Å². The molecular formula is C13H20N2O5. The summed E-state index contributed by atoms with van der Waals surface area (Å²) in [6.07, 6.45) is 3.43. The van der Waals surface area contributed by atoms with Gasteiger partial charge >= 0.3 is 0 Å². The minimum atomic E-state index is -0.337. The molecule has 0 saturated heterocycles. The Bertz CT molecular complexity index is 363. The lowest BCUT2D eigenvalue weighted by Crippen LogP contribution is -2.38. The Morgan fingerprint density at radius 1 is 1.20 bits per heavy atom. The number of nitrogens with one attached hydrogen (secondary N) is 1. The second-order valence-electron chi connectivity index (χ2n) is 4.22. The van der Waals surface area contributed by atoms with Crippen molar-refractivity contribution in [1.82, 2.24) is 10.2 Å². The Morgan fingerprint density at radius 2 is 1.90 bits per heavy atom. The van der Waals surface area contributed by atoms with Gasteiger partial charge in [0.2, 0.25) is 5.91 Å². The molecule has 0 bridgehead atoms. The number of methoxy groups -OCH3 is 1. The van der Waals surface area contributed by atoms with Crippen LogP contribution in [0.4, 0.5) is 0 Å². The number of rotatable bonds is 10. The highest BCUT2D eigenvalue weighted by Crippen LogP contribution is 2.01. The topological polar surface area (TPSA) is 84.9 Å². The van der Waals surface area contributed by atoms with Crippen molar-refractivity contribution >= 4 is 17.7 Å². The number of carbonyl (C=O) groups excluding carboxylic acids is 3. The van der Waals surface area contributed by atoms with Gasteiger partial charge in [-0.15, -0.1) is 0 Å². The third kappa shape index (κ3) is 5.94. The Hall–Kier alpha value is -1.73. The summed E-state index contributed by atoms with van der Waals surface area (Å²) in [7, 11) is 1.60. The molecule has 7 heteroatoms. The second-order valence-corrected chi connectivity index (χ2v) is 4.22. The normalized spacial score (nSPS) is 14.2. The minimum absolute atomic E-state index is 0.118. The molecule has 1 heterocycles. The summed E-state index contributed by atoms with van der Waals surface area (Å²) in [5.41, 5.74) is 0. The van der Waals surface area contributed by atoms with Crippen molar-refractivity contribution in [2.24, 2.45) is 0 Å². The summed E-state index contributed by atoms with van der Waals surface area (Å²) in [6.45, 7) is 2.02. The molecule has 0 fully saturated rings. The molecule has 7 nitrogen and oxygen atoms in total. The van der Waals surface area contributed by atoms with Crippen LogP contribution in [0.5, 0.6) is 0 Å². The first-order valence-corrected chi connectivity index (χ1v) is 6.52. The fourth-order valence-electron chi connectivity index (χ4n) is 1.63. The lowest BCUT2D eigenvalue weighted by atomic mass is 10.3. The van der Waals surface area contributed by atoms with Crippen LogP contribution >= 0.6 is 0 Å². The SMILES string of the molecule is COCCOCCCC(=O)NCCN1C(=O)C=CC1=O. The highest BCUT2D eigenvalue weighted by Gasteiger charge is 2.22. The summed E-state index contributed by atoms with van der Waals surface area (Å²) in [6, 6.07) is 0. The van der Waals surface area contributed by atoms with Gasteiger partial charge in [-0.25, -0.2) is 0 Å². The average molecular weight is 284 g/mol. The van der Waals surface area contributed by atoms with Gasteiger partial charge in [0.25, 0.3) is 11.8 Å². The Kier molecular flexibility index (Phi) is 7.52. The van der Waals surface area contributed by atoms with Crippen molar-refractivity contribution in [1.29, 1.82) is 0 Å². The van der Waals surface area contributed by atoms with E-state index in [1.165, 1.54) is 12.2 Å². The van der Waals surface area contributed by atoms with E-state index in [1.54, 1.807) is 7.11 Å². The van der Waals surface area contributed by atoms with Gasteiger partial charge in [0, 0.05) is 45.4 Å². The fourth-order valence-corrected chi connectivity index (χ4v) is 1.63. The molecule has 20 heavy (non-hydrogen) atoms. The summed E-state index contributed by atoms with van der Waals surface area (Å²) in [4.78, 5) is 35.0. The largest absolute Gasteiger partial charge is 0.382 e. The van der Waals surface area contributed by atoms with Crippen molar-refractivity contribution in [3.8, 4) is 0 Å². The summed E-state index contributed by atoms with van der Waals surface area (Å²) in [5.74, 6) is -0.793. The van der Waals surface area contributed by atoms with Crippen LogP contribution < -0.4 is 5.32 Å². The van der Waals surface area contributed by atoms with Crippen LogP contribution in [0.3, 0.4) is 0 Å². The van der Waals surface area contributed by atoms with Crippen molar-refractivity contribution < 1.29 is 23.9 Å². The van der Waals surface area contributed by atoms with E-state index in [-0.39, 0.29) is 30.8 Å². The number of ether oxygens (including phenoxy) is 2. The molecule has 0 aromatic rings. The molecule has 0 aromatic heterocycles. The van der Waals surface area contributed by atoms with Crippen molar-refractivity contribution in [2.45, 2.75) is 12.8 Å². The predicted octanol–water partition coefficient (Wildman–Crippen LogP) is -0.529. The molecule has 0 aromatic carbocycles. The van der Waals surface area contributed by atoms with E-state index in [2.05, 4.69) is 5.32 Å². The third-order valence-electron chi connectivity index (χ3n) is 2.68. The maximum Gasteiger partial charge on any atom is 0.253 e. The van der Waals surface area contributed by atoms with Gasteiger partial charge in [0.05, 0.1) is 13.2 Å². The summed E-state index contributed by atoms with van der Waals surface area (Å²) in [5, 5.41) is 2.66. The van der Waals surface area contributed by atoms with Gasteiger partial charge in [-0.2, -0.15) is 0 Å². The molecule has 3 amide bonds. The molecule has 1 aliphatic heterocycles. The van der Waals surface area contributed by atoms with E-state index < -0.39 is 0 Å². The van der Waals surface area contributed by atoms with Crippen molar-refractivity contribution in [3.05, 3.63) is 12.2 Å². The zero-order valence-electron chi connectivity index (χ0n) is 11.6. The van der Waals surface area contributed by atoms with Gasteiger partial charge < -0.3 is 14.8 Å². The molecule has 0 aliphatic carbocycles. The van der Waals surface area contributed by atoms with Crippen LogP contribution in [-0.2, 0) is 23.9 Å². The molecule has 1 N–H and O–H groups in total. The van der Waals surface area contributed by atoms with Gasteiger partial charge in [-0.1, -0.05) is 0 Å².